The molecule has 3 aromatic rings. The largest absolute Gasteiger partial charge is 0.467 e. The zero-order chi connectivity index (χ0) is 19.2. The van der Waals surface area contributed by atoms with Crippen LogP contribution < -0.4 is 10.6 Å². The number of furan rings is 1. The van der Waals surface area contributed by atoms with Crippen LogP contribution in [0.1, 0.15) is 26.6 Å². The molecule has 27 heavy (non-hydrogen) atoms. The SMILES string of the molecule is COC(=O)c1ccc(Cl)c(Nc2ccc(C(=O)NCc3ccco3)nn2)c1. The van der Waals surface area contributed by atoms with Gasteiger partial charge in [-0.2, -0.15) is 0 Å². The van der Waals surface area contributed by atoms with Crippen molar-refractivity contribution in [2.24, 2.45) is 0 Å². The van der Waals surface area contributed by atoms with Crippen LogP contribution in [0.3, 0.4) is 0 Å². The molecule has 0 aliphatic heterocycles. The number of methoxy groups -OCH3 is 1. The van der Waals surface area contributed by atoms with Crippen LogP contribution in [0, 0.1) is 0 Å². The van der Waals surface area contributed by atoms with E-state index in [1.54, 1.807) is 36.4 Å². The van der Waals surface area contributed by atoms with E-state index in [9.17, 15) is 9.59 Å². The molecular weight excluding hydrogens is 372 g/mol. The first-order chi connectivity index (χ1) is 13.1. The lowest BCUT2D eigenvalue weighted by atomic mass is 10.2. The van der Waals surface area contributed by atoms with Crippen LogP contribution >= 0.6 is 11.6 Å². The number of anilines is 2. The highest BCUT2D eigenvalue weighted by Gasteiger charge is 2.12. The number of aromatic nitrogens is 2. The van der Waals surface area contributed by atoms with Gasteiger partial charge in [-0.3, -0.25) is 4.79 Å². The minimum atomic E-state index is -0.482. The van der Waals surface area contributed by atoms with Gasteiger partial charge in [0, 0.05) is 0 Å². The molecular formula is C18H15ClN4O4. The maximum absolute atomic E-state index is 12.1. The fourth-order valence-corrected chi connectivity index (χ4v) is 2.36. The van der Waals surface area contributed by atoms with Crippen LogP contribution in [0.25, 0.3) is 0 Å². The van der Waals surface area contributed by atoms with Crippen LogP contribution in [0.2, 0.25) is 5.02 Å². The summed E-state index contributed by atoms with van der Waals surface area (Å²) in [6, 6.07) is 11.3. The monoisotopic (exact) mass is 386 g/mol. The smallest absolute Gasteiger partial charge is 0.337 e. The molecule has 0 unspecified atom stereocenters. The molecule has 138 valence electrons. The number of hydrogen-bond acceptors (Lipinski definition) is 7. The lowest BCUT2D eigenvalue weighted by Gasteiger charge is -2.09. The average molecular weight is 387 g/mol. The van der Waals surface area contributed by atoms with Crippen molar-refractivity contribution in [3.63, 3.8) is 0 Å². The predicted octanol–water partition coefficient (Wildman–Crippen LogP) is 3.18. The molecule has 0 atom stereocenters. The third-order valence-electron chi connectivity index (χ3n) is 3.55. The average Bonchev–Trinajstić information content (AvgIpc) is 3.21. The van der Waals surface area contributed by atoms with Gasteiger partial charge in [0.2, 0.25) is 0 Å². The van der Waals surface area contributed by atoms with Crippen molar-refractivity contribution in [3.8, 4) is 0 Å². The number of carbonyl (C=O) groups excluding carboxylic acids is 2. The van der Waals surface area contributed by atoms with Gasteiger partial charge in [0.05, 0.1) is 36.2 Å². The molecule has 0 bridgehead atoms. The van der Waals surface area contributed by atoms with Crippen molar-refractivity contribution >= 4 is 35.0 Å². The van der Waals surface area contributed by atoms with Crippen LogP contribution in [0.4, 0.5) is 11.5 Å². The fraction of sp³-hybridized carbons (Fsp3) is 0.111. The number of amides is 1. The molecule has 0 saturated heterocycles. The molecule has 0 spiro atoms. The maximum atomic E-state index is 12.1. The second kappa shape index (κ2) is 8.33. The molecule has 1 aromatic carbocycles. The first kappa shape index (κ1) is 18.4. The minimum Gasteiger partial charge on any atom is -0.467 e. The van der Waals surface area contributed by atoms with Crippen LogP contribution in [0.15, 0.2) is 53.1 Å². The number of halogens is 1. The number of ether oxygens (including phenoxy) is 1. The van der Waals surface area contributed by atoms with Crippen molar-refractivity contribution in [2.45, 2.75) is 6.54 Å². The molecule has 2 N–H and O–H groups in total. The van der Waals surface area contributed by atoms with Crippen molar-refractivity contribution in [3.05, 3.63) is 70.8 Å². The van der Waals surface area contributed by atoms with E-state index >= 15 is 0 Å². The third kappa shape index (κ3) is 4.62. The van der Waals surface area contributed by atoms with E-state index < -0.39 is 5.97 Å². The van der Waals surface area contributed by atoms with E-state index in [-0.39, 0.29) is 18.1 Å². The number of hydrogen-bond donors (Lipinski definition) is 2. The molecule has 2 heterocycles. The summed E-state index contributed by atoms with van der Waals surface area (Å²) in [7, 11) is 1.30. The van der Waals surface area contributed by atoms with E-state index in [2.05, 4.69) is 25.6 Å². The maximum Gasteiger partial charge on any atom is 0.337 e. The lowest BCUT2D eigenvalue weighted by molar-refractivity contribution is 0.0600. The van der Waals surface area contributed by atoms with Crippen LogP contribution in [-0.4, -0.2) is 29.2 Å². The van der Waals surface area contributed by atoms with E-state index in [1.165, 1.54) is 19.4 Å². The Balaban J connectivity index is 1.67. The Hall–Kier alpha value is -3.39. The van der Waals surface area contributed by atoms with Crippen molar-refractivity contribution in [1.29, 1.82) is 0 Å². The standard InChI is InChI=1S/C18H15ClN4O4/c1-26-18(25)11-4-5-13(19)15(9-11)21-16-7-6-14(22-23-16)17(24)20-10-12-3-2-8-27-12/h2-9H,10H2,1H3,(H,20,24)(H,21,23). The second-order valence-corrected chi connectivity index (χ2v) is 5.78. The van der Waals surface area contributed by atoms with Gasteiger partial charge in [0.15, 0.2) is 11.5 Å². The Bertz CT molecular complexity index is 943. The van der Waals surface area contributed by atoms with E-state index in [4.69, 9.17) is 16.0 Å². The molecule has 0 saturated carbocycles. The molecule has 0 fully saturated rings. The van der Waals surface area contributed by atoms with Gasteiger partial charge in [-0.15, -0.1) is 10.2 Å². The quantitative estimate of drug-likeness (QED) is 0.626. The molecule has 0 aliphatic carbocycles. The van der Waals surface area contributed by atoms with E-state index in [1.807, 2.05) is 0 Å². The molecule has 8 nitrogen and oxygen atoms in total. The summed E-state index contributed by atoms with van der Waals surface area (Å²) in [4.78, 5) is 23.7. The molecule has 3 rings (SSSR count). The number of carbonyl (C=O) groups is 2. The number of esters is 1. The Labute approximate surface area is 159 Å². The lowest BCUT2D eigenvalue weighted by Crippen LogP contribution is -2.23. The first-order valence-corrected chi connectivity index (χ1v) is 8.24. The van der Waals surface area contributed by atoms with Crippen molar-refractivity contribution in [2.75, 3.05) is 12.4 Å². The molecule has 2 aromatic heterocycles. The van der Waals surface area contributed by atoms with Gasteiger partial charge in [0.25, 0.3) is 5.91 Å². The van der Waals surface area contributed by atoms with Gasteiger partial charge in [0.1, 0.15) is 5.76 Å². The van der Waals surface area contributed by atoms with Gasteiger partial charge in [-0.05, 0) is 42.5 Å². The number of nitrogens with zero attached hydrogens (tertiary/aromatic N) is 2. The number of benzene rings is 1. The van der Waals surface area contributed by atoms with E-state index in [0.717, 1.165) is 0 Å². The first-order valence-electron chi connectivity index (χ1n) is 7.86. The number of rotatable bonds is 6. The highest BCUT2D eigenvalue weighted by Crippen LogP contribution is 2.26. The second-order valence-electron chi connectivity index (χ2n) is 5.38. The van der Waals surface area contributed by atoms with Crippen molar-refractivity contribution < 1.29 is 18.7 Å². The Morgan fingerprint density at radius 1 is 1.19 bits per heavy atom. The highest BCUT2D eigenvalue weighted by atomic mass is 35.5. The van der Waals surface area contributed by atoms with Gasteiger partial charge >= 0.3 is 5.97 Å². The topological polar surface area (TPSA) is 106 Å². The third-order valence-corrected chi connectivity index (χ3v) is 3.88. The predicted molar refractivity (Wildman–Crippen MR) is 98.0 cm³/mol. The fourth-order valence-electron chi connectivity index (χ4n) is 2.20. The van der Waals surface area contributed by atoms with Crippen LogP contribution in [-0.2, 0) is 11.3 Å². The summed E-state index contributed by atoms with van der Waals surface area (Å²) < 4.78 is 9.83. The number of nitrogens with one attached hydrogen (secondary N) is 2. The van der Waals surface area contributed by atoms with E-state index in [0.29, 0.717) is 27.9 Å². The van der Waals surface area contributed by atoms with Gasteiger partial charge in [-0.25, -0.2) is 4.79 Å². The Kier molecular flexibility index (Phi) is 5.68. The summed E-state index contributed by atoms with van der Waals surface area (Å²) in [6.45, 7) is 0.253. The van der Waals surface area contributed by atoms with Gasteiger partial charge in [-0.1, -0.05) is 11.6 Å². The van der Waals surface area contributed by atoms with Crippen molar-refractivity contribution in [1.82, 2.24) is 15.5 Å². The molecule has 9 heteroatoms. The zero-order valence-corrected chi connectivity index (χ0v) is 15.0. The highest BCUT2D eigenvalue weighted by molar-refractivity contribution is 6.33. The summed E-state index contributed by atoms with van der Waals surface area (Å²) in [5, 5.41) is 13.9. The Morgan fingerprint density at radius 2 is 2.04 bits per heavy atom. The zero-order valence-electron chi connectivity index (χ0n) is 14.2. The molecule has 0 aliphatic rings. The Morgan fingerprint density at radius 3 is 2.70 bits per heavy atom. The molecule has 0 radical (unpaired) electrons. The summed E-state index contributed by atoms with van der Waals surface area (Å²) in [6.07, 6.45) is 1.53. The minimum absolute atomic E-state index is 0.154. The molecule has 1 amide bonds. The summed E-state index contributed by atoms with van der Waals surface area (Å²) >= 11 is 6.13. The van der Waals surface area contributed by atoms with Gasteiger partial charge < -0.3 is 19.8 Å². The summed E-state index contributed by atoms with van der Waals surface area (Å²) in [5.41, 5.74) is 0.955. The van der Waals surface area contributed by atoms with Crippen LogP contribution in [0.5, 0.6) is 0 Å². The summed E-state index contributed by atoms with van der Waals surface area (Å²) in [5.74, 6) is 0.136. The normalized spacial score (nSPS) is 10.3.